The molecule has 0 aromatic rings. The van der Waals surface area contributed by atoms with E-state index in [1.807, 2.05) is 0 Å². The predicted molar refractivity (Wildman–Crippen MR) is 76.4 cm³/mol. The van der Waals surface area contributed by atoms with E-state index in [9.17, 15) is 0 Å². The summed E-state index contributed by atoms with van der Waals surface area (Å²) in [5.41, 5.74) is 0. The highest BCUT2D eigenvalue weighted by Crippen LogP contribution is 2.27. The van der Waals surface area contributed by atoms with E-state index in [4.69, 9.17) is 0 Å². The van der Waals surface area contributed by atoms with Crippen LogP contribution >= 0.6 is 0 Å². The van der Waals surface area contributed by atoms with E-state index in [0.717, 1.165) is 12.5 Å². The summed E-state index contributed by atoms with van der Waals surface area (Å²) >= 11 is 0. The van der Waals surface area contributed by atoms with E-state index in [1.165, 1.54) is 45.2 Å². The Hall–Kier alpha value is -0.0800. The first-order chi connectivity index (χ1) is 8.17. The maximum Gasteiger partial charge on any atom is 0.0192 e. The van der Waals surface area contributed by atoms with Gasteiger partial charge >= 0.3 is 0 Å². The third-order valence-electron chi connectivity index (χ3n) is 4.23. The van der Waals surface area contributed by atoms with Gasteiger partial charge in [-0.05, 0) is 45.6 Å². The van der Waals surface area contributed by atoms with Crippen molar-refractivity contribution in [1.82, 2.24) is 10.2 Å². The molecule has 0 saturated heterocycles. The molecule has 2 unspecified atom stereocenters. The fourth-order valence-electron chi connectivity index (χ4n) is 2.66. The molecule has 2 heteroatoms. The molecule has 0 aromatic heterocycles. The summed E-state index contributed by atoms with van der Waals surface area (Å²) in [4.78, 5) is 2.65. The molecule has 0 aromatic carbocycles. The molecule has 0 aliphatic heterocycles. The number of hydrogen-bond acceptors (Lipinski definition) is 2. The van der Waals surface area contributed by atoms with Gasteiger partial charge in [-0.15, -0.1) is 0 Å². The zero-order valence-corrected chi connectivity index (χ0v) is 12.3. The molecule has 1 N–H and O–H groups in total. The van der Waals surface area contributed by atoms with Crippen molar-refractivity contribution in [2.75, 3.05) is 19.6 Å². The standard InChI is InChI=1S/C15H32N2/c1-5-8-13(3)16-11-14(4)17(6-2)12-15-9-7-10-15/h13-16H,5-12H2,1-4H3. The Kier molecular flexibility index (Phi) is 7.14. The number of nitrogens with zero attached hydrogens (tertiary/aromatic N) is 1. The molecule has 0 heterocycles. The van der Waals surface area contributed by atoms with E-state index >= 15 is 0 Å². The fraction of sp³-hybridized carbons (Fsp3) is 1.00. The molecular formula is C15H32N2. The van der Waals surface area contributed by atoms with Gasteiger partial charge in [0, 0.05) is 25.2 Å². The smallest absolute Gasteiger partial charge is 0.0192 e. The lowest BCUT2D eigenvalue weighted by Gasteiger charge is -2.35. The monoisotopic (exact) mass is 240 g/mol. The van der Waals surface area contributed by atoms with Gasteiger partial charge in [0.05, 0.1) is 0 Å². The van der Waals surface area contributed by atoms with Crippen LogP contribution in [-0.2, 0) is 0 Å². The Morgan fingerprint density at radius 1 is 1.24 bits per heavy atom. The van der Waals surface area contributed by atoms with Gasteiger partial charge in [-0.3, -0.25) is 4.90 Å². The molecule has 0 amide bonds. The Bertz CT molecular complexity index is 189. The van der Waals surface area contributed by atoms with Crippen LogP contribution in [0.1, 0.15) is 59.8 Å². The summed E-state index contributed by atoms with van der Waals surface area (Å²) in [5, 5.41) is 3.67. The van der Waals surface area contributed by atoms with Gasteiger partial charge in [0.15, 0.2) is 0 Å². The van der Waals surface area contributed by atoms with Crippen LogP contribution in [0.3, 0.4) is 0 Å². The van der Waals surface area contributed by atoms with Crippen LogP contribution in [0.4, 0.5) is 0 Å². The van der Waals surface area contributed by atoms with Crippen molar-refractivity contribution in [3.8, 4) is 0 Å². The van der Waals surface area contributed by atoms with Gasteiger partial charge in [-0.25, -0.2) is 0 Å². The maximum absolute atomic E-state index is 3.67. The average molecular weight is 240 g/mol. The topological polar surface area (TPSA) is 15.3 Å². The first-order valence-corrected chi connectivity index (χ1v) is 7.64. The third kappa shape index (κ3) is 5.39. The molecule has 102 valence electrons. The summed E-state index contributed by atoms with van der Waals surface area (Å²) in [6.45, 7) is 12.9. The minimum absolute atomic E-state index is 0.671. The van der Waals surface area contributed by atoms with Crippen LogP contribution in [-0.4, -0.2) is 36.6 Å². The lowest BCUT2D eigenvalue weighted by molar-refractivity contribution is 0.142. The quantitative estimate of drug-likeness (QED) is 0.665. The molecule has 1 saturated carbocycles. The first kappa shape index (κ1) is 15.0. The van der Waals surface area contributed by atoms with Gasteiger partial charge in [-0.1, -0.05) is 26.7 Å². The Labute approximate surface area is 108 Å². The van der Waals surface area contributed by atoms with E-state index in [1.54, 1.807) is 0 Å². The summed E-state index contributed by atoms with van der Waals surface area (Å²) in [5.74, 6) is 0.991. The Morgan fingerprint density at radius 3 is 2.41 bits per heavy atom. The second kappa shape index (κ2) is 8.10. The first-order valence-electron chi connectivity index (χ1n) is 7.64. The van der Waals surface area contributed by atoms with Gasteiger partial charge in [0.1, 0.15) is 0 Å². The van der Waals surface area contributed by atoms with Crippen LogP contribution in [0.2, 0.25) is 0 Å². The fourth-order valence-corrected chi connectivity index (χ4v) is 2.66. The maximum atomic E-state index is 3.67. The normalized spacial score (nSPS) is 20.3. The molecule has 1 aliphatic rings. The van der Waals surface area contributed by atoms with E-state index in [-0.39, 0.29) is 0 Å². The zero-order chi connectivity index (χ0) is 12.7. The van der Waals surface area contributed by atoms with Crippen LogP contribution in [0, 0.1) is 5.92 Å². The third-order valence-corrected chi connectivity index (χ3v) is 4.23. The summed E-state index contributed by atoms with van der Waals surface area (Å²) in [6, 6.07) is 1.35. The summed E-state index contributed by atoms with van der Waals surface area (Å²) in [6.07, 6.45) is 6.96. The highest BCUT2D eigenvalue weighted by molar-refractivity contribution is 4.77. The lowest BCUT2D eigenvalue weighted by Crippen LogP contribution is -2.45. The number of likely N-dealkylation sites (N-methyl/N-ethyl adjacent to an activating group) is 1. The second-order valence-electron chi connectivity index (χ2n) is 5.83. The summed E-state index contributed by atoms with van der Waals surface area (Å²) < 4.78 is 0. The molecule has 1 aliphatic carbocycles. The van der Waals surface area contributed by atoms with E-state index < -0.39 is 0 Å². The lowest BCUT2D eigenvalue weighted by atomic mass is 9.85. The van der Waals surface area contributed by atoms with Gasteiger partial charge in [-0.2, -0.15) is 0 Å². The predicted octanol–water partition coefficient (Wildman–Crippen LogP) is 3.28. The molecule has 17 heavy (non-hydrogen) atoms. The van der Waals surface area contributed by atoms with Crippen molar-refractivity contribution in [2.45, 2.75) is 71.9 Å². The van der Waals surface area contributed by atoms with Gasteiger partial charge in [0.2, 0.25) is 0 Å². The minimum Gasteiger partial charge on any atom is -0.313 e. The molecule has 0 spiro atoms. The highest BCUT2D eigenvalue weighted by Gasteiger charge is 2.22. The van der Waals surface area contributed by atoms with Crippen molar-refractivity contribution < 1.29 is 0 Å². The molecule has 0 bridgehead atoms. The van der Waals surface area contributed by atoms with Crippen LogP contribution in [0.25, 0.3) is 0 Å². The molecule has 1 rings (SSSR count). The van der Waals surface area contributed by atoms with Crippen LogP contribution in [0.5, 0.6) is 0 Å². The van der Waals surface area contributed by atoms with Crippen LogP contribution < -0.4 is 5.32 Å². The number of hydrogen-bond donors (Lipinski definition) is 1. The Morgan fingerprint density at radius 2 is 1.94 bits per heavy atom. The van der Waals surface area contributed by atoms with Gasteiger partial charge < -0.3 is 5.32 Å². The zero-order valence-electron chi connectivity index (χ0n) is 12.3. The Balaban J connectivity index is 2.20. The largest absolute Gasteiger partial charge is 0.313 e. The average Bonchev–Trinajstić information content (AvgIpc) is 2.25. The van der Waals surface area contributed by atoms with Crippen molar-refractivity contribution in [2.24, 2.45) is 5.92 Å². The van der Waals surface area contributed by atoms with E-state index in [2.05, 4.69) is 37.9 Å². The molecule has 2 atom stereocenters. The number of rotatable bonds is 9. The van der Waals surface area contributed by atoms with Crippen molar-refractivity contribution in [1.29, 1.82) is 0 Å². The highest BCUT2D eigenvalue weighted by atomic mass is 15.2. The van der Waals surface area contributed by atoms with Gasteiger partial charge in [0.25, 0.3) is 0 Å². The summed E-state index contributed by atoms with van der Waals surface area (Å²) in [7, 11) is 0. The SMILES string of the molecule is CCCC(C)NCC(C)N(CC)CC1CCC1. The molecule has 0 radical (unpaired) electrons. The van der Waals surface area contributed by atoms with Crippen molar-refractivity contribution in [3.63, 3.8) is 0 Å². The molecule has 1 fully saturated rings. The molecular weight excluding hydrogens is 208 g/mol. The van der Waals surface area contributed by atoms with Crippen molar-refractivity contribution in [3.05, 3.63) is 0 Å². The minimum atomic E-state index is 0.671. The van der Waals surface area contributed by atoms with Crippen LogP contribution in [0.15, 0.2) is 0 Å². The number of nitrogens with one attached hydrogen (secondary N) is 1. The second-order valence-corrected chi connectivity index (χ2v) is 5.83. The molecule has 2 nitrogen and oxygen atoms in total. The van der Waals surface area contributed by atoms with E-state index in [0.29, 0.717) is 12.1 Å². The van der Waals surface area contributed by atoms with Crippen molar-refractivity contribution >= 4 is 0 Å².